The number of carbonyl (C=O) groups excluding carboxylic acids is 1. The van der Waals surface area contributed by atoms with Gasteiger partial charge in [0.2, 0.25) is 16.9 Å². The van der Waals surface area contributed by atoms with E-state index in [1.807, 2.05) is 0 Å². The van der Waals surface area contributed by atoms with Crippen LogP contribution in [0.15, 0.2) is 27.4 Å². The van der Waals surface area contributed by atoms with Crippen LogP contribution in [-0.4, -0.2) is 55.7 Å². The van der Waals surface area contributed by atoms with Crippen molar-refractivity contribution in [3.05, 3.63) is 34.0 Å². The Hall–Kier alpha value is -4.08. The van der Waals surface area contributed by atoms with Crippen molar-refractivity contribution in [3.63, 3.8) is 0 Å². The molecule has 0 atom stereocenters. The molecular weight excluding hydrogens is 436 g/mol. The molecule has 1 heterocycles. The molecule has 1 aromatic heterocycles. The van der Waals surface area contributed by atoms with Crippen LogP contribution in [0.25, 0.3) is 22.3 Å². The summed E-state index contributed by atoms with van der Waals surface area (Å²) in [5, 5.41) is 0.0795. The van der Waals surface area contributed by atoms with Crippen molar-refractivity contribution in [1.82, 2.24) is 0 Å². The average molecular weight is 460 g/mol. The van der Waals surface area contributed by atoms with E-state index in [1.165, 1.54) is 61.9 Å². The fourth-order valence-electron chi connectivity index (χ4n) is 3.59. The summed E-state index contributed by atoms with van der Waals surface area (Å²) in [6.07, 6.45) is 0. The summed E-state index contributed by atoms with van der Waals surface area (Å²) < 4.78 is 43.3. The maximum atomic E-state index is 13.5. The zero-order valence-electron chi connectivity index (χ0n) is 19.3. The number of hydrogen-bond donors (Lipinski definition) is 0. The summed E-state index contributed by atoms with van der Waals surface area (Å²) >= 11 is 0. The van der Waals surface area contributed by atoms with Crippen molar-refractivity contribution in [2.75, 3.05) is 49.8 Å². The number of methoxy groups -OCH3 is 7. The van der Waals surface area contributed by atoms with Gasteiger partial charge in [0.25, 0.3) is 0 Å². The quantitative estimate of drug-likeness (QED) is 0.464. The monoisotopic (exact) mass is 460 g/mol. The number of benzene rings is 2. The number of rotatable bonds is 8. The lowest BCUT2D eigenvalue weighted by atomic mass is 10.0. The number of carbonyl (C=O) groups is 1. The second-order valence-electron chi connectivity index (χ2n) is 6.53. The molecule has 33 heavy (non-hydrogen) atoms. The molecule has 2 aromatic carbocycles. The van der Waals surface area contributed by atoms with E-state index >= 15 is 0 Å². The summed E-state index contributed by atoms with van der Waals surface area (Å²) in [6, 6.07) is 4.59. The van der Waals surface area contributed by atoms with Gasteiger partial charge in [0.15, 0.2) is 28.8 Å². The van der Waals surface area contributed by atoms with Gasteiger partial charge in [-0.3, -0.25) is 4.79 Å². The largest absolute Gasteiger partial charge is 0.493 e. The molecule has 0 N–H and O–H groups in total. The van der Waals surface area contributed by atoms with Crippen LogP contribution in [-0.2, 0) is 4.74 Å². The number of fused-ring (bicyclic) bond motifs is 1. The van der Waals surface area contributed by atoms with Crippen LogP contribution < -0.4 is 33.8 Å². The predicted molar refractivity (Wildman–Crippen MR) is 119 cm³/mol. The van der Waals surface area contributed by atoms with Crippen LogP contribution in [0.4, 0.5) is 0 Å². The Bertz CT molecular complexity index is 1260. The second-order valence-corrected chi connectivity index (χ2v) is 6.53. The lowest BCUT2D eigenvalue weighted by Crippen LogP contribution is -2.12. The number of ether oxygens (including phenoxy) is 7. The lowest BCUT2D eigenvalue weighted by Gasteiger charge is -2.18. The molecular formula is C23H24O10. The highest BCUT2D eigenvalue weighted by Crippen LogP contribution is 2.46. The molecule has 0 spiro atoms. The Morgan fingerprint density at radius 3 is 1.85 bits per heavy atom. The van der Waals surface area contributed by atoms with Crippen LogP contribution in [0.5, 0.6) is 34.5 Å². The zero-order chi connectivity index (χ0) is 24.3. The van der Waals surface area contributed by atoms with E-state index in [-0.39, 0.29) is 62.4 Å². The van der Waals surface area contributed by atoms with Crippen molar-refractivity contribution >= 4 is 16.9 Å². The molecule has 176 valence electrons. The third kappa shape index (κ3) is 3.73. The fraction of sp³-hybridized carbons (Fsp3) is 0.304. The van der Waals surface area contributed by atoms with E-state index in [2.05, 4.69) is 0 Å². The van der Waals surface area contributed by atoms with E-state index in [1.54, 1.807) is 6.07 Å². The van der Waals surface area contributed by atoms with Gasteiger partial charge >= 0.3 is 5.97 Å². The topological polar surface area (TPSA) is 112 Å². The first-order valence-electron chi connectivity index (χ1n) is 9.59. The van der Waals surface area contributed by atoms with Crippen molar-refractivity contribution in [2.24, 2.45) is 0 Å². The molecule has 0 radical (unpaired) electrons. The minimum Gasteiger partial charge on any atom is -0.493 e. The Kier molecular flexibility index (Phi) is 6.86. The smallest absolute Gasteiger partial charge is 0.342 e. The standard InChI is InChI=1S/C23H24O10/c1-26-12-9-8-11(15(19(12)28-3)23(25)32-7)18-22(31-6)17(24)16-13(33-18)10-14(27-2)20(29-4)21(16)30-5/h8-10H,1-7H3. The minimum absolute atomic E-state index is 0.00686. The van der Waals surface area contributed by atoms with Gasteiger partial charge < -0.3 is 37.6 Å². The SMILES string of the molecule is COC(=O)c1c(-c2oc3cc(OC)c(OC)c(OC)c3c(=O)c2OC)ccc(OC)c1OC. The molecule has 0 aliphatic heterocycles. The molecule has 0 aliphatic rings. The Morgan fingerprint density at radius 1 is 0.727 bits per heavy atom. The Labute approximate surface area is 189 Å². The third-order valence-electron chi connectivity index (χ3n) is 5.03. The van der Waals surface area contributed by atoms with Crippen LogP contribution >= 0.6 is 0 Å². The molecule has 0 saturated carbocycles. The summed E-state index contributed by atoms with van der Waals surface area (Å²) in [6.45, 7) is 0. The maximum Gasteiger partial charge on any atom is 0.342 e. The summed E-state index contributed by atoms with van der Waals surface area (Å²) in [7, 11) is 9.60. The first kappa shape index (κ1) is 23.6. The molecule has 3 aromatic rings. The first-order chi connectivity index (χ1) is 15.9. The van der Waals surface area contributed by atoms with Gasteiger partial charge in [-0.1, -0.05) is 0 Å². The van der Waals surface area contributed by atoms with Gasteiger partial charge in [0.1, 0.15) is 16.5 Å². The van der Waals surface area contributed by atoms with Crippen LogP contribution in [0.3, 0.4) is 0 Å². The van der Waals surface area contributed by atoms with Gasteiger partial charge in [-0.15, -0.1) is 0 Å². The van der Waals surface area contributed by atoms with E-state index in [0.717, 1.165) is 0 Å². The minimum atomic E-state index is -0.726. The first-order valence-corrected chi connectivity index (χ1v) is 9.59. The molecule has 0 amide bonds. The molecule has 0 fully saturated rings. The second kappa shape index (κ2) is 9.60. The molecule has 0 aliphatic carbocycles. The zero-order valence-corrected chi connectivity index (χ0v) is 19.3. The molecule has 0 unspecified atom stereocenters. The molecule has 3 rings (SSSR count). The summed E-state index contributed by atoms with van der Waals surface area (Å²) in [5.41, 5.74) is -0.232. The van der Waals surface area contributed by atoms with Gasteiger partial charge in [-0.2, -0.15) is 0 Å². The van der Waals surface area contributed by atoms with E-state index < -0.39 is 11.4 Å². The maximum absolute atomic E-state index is 13.5. The van der Waals surface area contributed by atoms with Crippen LogP contribution in [0.1, 0.15) is 10.4 Å². The van der Waals surface area contributed by atoms with E-state index in [4.69, 9.17) is 37.6 Å². The van der Waals surface area contributed by atoms with Crippen molar-refractivity contribution in [3.8, 4) is 45.8 Å². The van der Waals surface area contributed by atoms with Crippen LogP contribution in [0.2, 0.25) is 0 Å². The number of esters is 1. The normalized spacial score (nSPS) is 10.5. The predicted octanol–water partition coefficient (Wildman–Crippen LogP) is 3.30. The Morgan fingerprint density at radius 2 is 1.33 bits per heavy atom. The van der Waals surface area contributed by atoms with Crippen LogP contribution in [0, 0.1) is 0 Å². The molecule has 0 bridgehead atoms. The number of hydrogen-bond acceptors (Lipinski definition) is 10. The lowest BCUT2D eigenvalue weighted by molar-refractivity contribution is 0.0597. The van der Waals surface area contributed by atoms with Gasteiger partial charge in [-0.25, -0.2) is 4.79 Å². The highest BCUT2D eigenvalue weighted by molar-refractivity contribution is 6.02. The van der Waals surface area contributed by atoms with Crippen molar-refractivity contribution < 1.29 is 42.4 Å². The Balaban J connectivity index is 2.52. The van der Waals surface area contributed by atoms with Gasteiger partial charge in [0.05, 0.1) is 49.8 Å². The summed E-state index contributed by atoms with van der Waals surface area (Å²) in [5.74, 6) is 0.100. The van der Waals surface area contributed by atoms with Crippen molar-refractivity contribution in [2.45, 2.75) is 0 Å². The van der Waals surface area contributed by atoms with Crippen molar-refractivity contribution in [1.29, 1.82) is 0 Å². The van der Waals surface area contributed by atoms with Gasteiger partial charge in [-0.05, 0) is 12.1 Å². The molecule has 10 heteroatoms. The molecule has 10 nitrogen and oxygen atoms in total. The van der Waals surface area contributed by atoms with Gasteiger partial charge in [0, 0.05) is 11.6 Å². The highest BCUT2D eigenvalue weighted by Gasteiger charge is 2.30. The highest BCUT2D eigenvalue weighted by atomic mass is 16.5. The average Bonchev–Trinajstić information content (AvgIpc) is 2.85. The fourth-order valence-corrected chi connectivity index (χ4v) is 3.59. The molecule has 0 saturated heterocycles. The van der Waals surface area contributed by atoms with E-state index in [9.17, 15) is 9.59 Å². The van der Waals surface area contributed by atoms with E-state index in [0.29, 0.717) is 0 Å². The third-order valence-corrected chi connectivity index (χ3v) is 5.03. The summed E-state index contributed by atoms with van der Waals surface area (Å²) in [4.78, 5) is 26.2.